The largest absolute Gasteiger partial charge is 0.465 e. The van der Waals surface area contributed by atoms with E-state index >= 15 is 0 Å². The van der Waals surface area contributed by atoms with Crippen molar-refractivity contribution in [2.24, 2.45) is 0 Å². The predicted octanol–water partition coefficient (Wildman–Crippen LogP) is 4.21. The van der Waals surface area contributed by atoms with Crippen LogP contribution in [0.15, 0.2) is 48.8 Å². The highest BCUT2D eigenvalue weighted by Crippen LogP contribution is 2.42. The molecule has 1 aromatic heterocycles. The zero-order valence-corrected chi connectivity index (χ0v) is 13.7. The molecule has 0 radical (unpaired) electrons. The van der Waals surface area contributed by atoms with Gasteiger partial charge in [0.15, 0.2) is 0 Å². The molecule has 1 aromatic carbocycles. The Morgan fingerprint density at radius 1 is 1.08 bits per heavy atom. The van der Waals surface area contributed by atoms with Crippen molar-refractivity contribution >= 4 is 5.97 Å². The molecule has 4 heteroatoms. The zero-order valence-electron chi connectivity index (χ0n) is 13.7. The SMILES string of the molecule is O=C(OCCCc1ccncc1)C1(c2ccc(F)cc2)CCCC1. The Hall–Kier alpha value is -2.23. The molecule has 0 aliphatic heterocycles. The maximum Gasteiger partial charge on any atom is 0.316 e. The van der Waals surface area contributed by atoms with Crippen LogP contribution in [0.2, 0.25) is 0 Å². The second-order valence-corrected chi connectivity index (χ2v) is 6.39. The van der Waals surface area contributed by atoms with Crippen molar-refractivity contribution in [3.05, 3.63) is 65.7 Å². The van der Waals surface area contributed by atoms with Crippen molar-refractivity contribution < 1.29 is 13.9 Å². The van der Waals surface area contributed by atoms with Gasteiger partial charge in [0.2, 0.25) is 0 Å². The Balaban J connectivity index is 1.60. The number of nitrogens with zero attached hydrogens (tertiary/aromatic N) is 1. The molecule has 0 N–H and O–H groups in total. The first-order valence-electron chi connectivity index (χ1n) is 8.53. The Morgan fingerprint density at radius 3 is 2.42 bits per heavy atom. The van der Waals surface area contributed by atoms with E-state index in [2.05, 4.69) is 4.98 Å². The van der Waals surface area contributed by atoms with Crippen LogP contribution in [0.4, 0.5) is 4.39 Å². The summed E-state index contributed by atoms with van der Waals surface area (Å²) in [5.41, 5.74) is 1.47. The van der Waals surface area contributed by atoms with Crippen LogP contribution in [0.3, 0.4) is 0 Å². The maximum atomic E-state index is 13.2. The highest BCUT2D eigenvalue weighted by atomic mass is 19.1. The van der Waals surface area contributed by atoms with Crippen LogP contribution in [0.5, 0.6) is 0 Å². The first-order valence-corrected chi connectivity index (χ1v) is 8.53. The average molecular weight is 327 g/mol. The molecule has 0 atom stereocenters. The van der Waals surface area contributed by atoms with E-state index < -0.39 is 5.41 Å². The molecule has 1 fully saturated rings. The van der Waals surface area contributed by atoms with Crippen molar-refractivity contribution in [3.8, 4) is 0 Å². The maximum absolute atomic E-state index is 13.2. The summed E-state index contributed by atoms with van der Waals surface area (Å²) in [7, 11) is 0. The summed E-state index contributed by atoms with van der Waals surface area (Å²) in [5, 5.41) is 0. The minimum absolute atomic E-state index is 0.165. The number of esters is 1. The molecule has 0 amide bonds. The Bertz CT molecular complexity index is 664. The van der Waals surface area contributed by atoms with Crippen LogP contribution >= 0.6 is 0 Å². The van der Waals surface area contributed by atoms with Crippen LogP contribution < -0.4 is 0 Å². The molecule has 0 bridgehead atoms. The zero-order chi connectivity index (χ0) is 16.8. The number of rotatable bonds is 6. The second kappa shape index (κ2) is 7.56. The number of aromatic nitrogens is 1. The first-order chi connectivity index (χ1) is 11.7. The van der Waals surface area contributed by atoms with Crippen molar-refractivity contribution in [2.45, 2.75) is 43.9 Å². The lowest BCUT2D eigenvalue weighted by Gasteiger charge is -2.27. The number of carbonyl (C=O) groups is 1. The Labute approximate surface area is 141 Å². The fourth-order valence-electron chi connectivity index (χ4n) is 3.49. The number of carbonyl (C=O) groups excluding carboxylic acids is 1. The Kier molecular flexibility index (Phi) is 5.24. The molecule has 1 aliphatic carbocycles. The van der Waals surface area contributed by atoms with Gasteiger partial charge in [-0.05, 0) is 61.1 Å². The summed E-state index contributed by atoms with van der Waals surface area (Å²) in [6.45, 7) is 0.407. The van der Waals surface area contributed by atoms with Gasteiger partial charge in [-0.1, -0.05) is 25.0 Å². The Morgan fingerprint density at radius 2 is 1.75 bits per heavy atom. The molecular formula is C20H22FNO2. The van der Waals surface area contributed by atoms with Gasteiger partial charge in [0.05, 0.1) is 12.0 Å². The van der Waals surface area contributed by atoms with Crippen LogP contribution in [0, 0.1) is 5.82 Å². The lowest BCUT2D eigenvalue weighted by atomic mass is 9.79. The number of pyridine rings is 1. The number of benzene rings is 1. The predicted molar refractivity (Wildman–Crippen MR) is 90.1 cm³/mol. The topological polar surface area (TPSA) is 39.2 Å². The smallest absolute Gasteiger partial charge is 0.316 e. The van der Waals surface area contributed by atoms with Gasteiger partial charge in [0.1, 0.15) is 5.82 Å². The average Bonchev–Trinajstić information content (AvgIpc) is 3.11. The third-order valence-electron chi connectivity index (χ3n) is 4.84. The fourth-order valence-corrected chi connectivity index (χ4v) is 3.49. The number of aryl methyl sites for hydroxylation is 1. The quantitative estimate of drug-likeness (QED) is 0.589. The van der Waals surface area contributed by atoms with Crippen LogP contribution in [0.1, 0.15) is 43.2 Å². The van der Waals surface area contributed by atoms with E-state index in [0.29, 0.717) is 6.61 Å². The number of hydrogen-bond donors (Lipinski definition) is 0. The summed E-state index contributed by atoms with van der Waals surface area (Å²) < 4.78 is 18.8. The first kappa shape index (κ1) is 16.6. The molecule has 1 aliphatic rings. The van der Waals surface area contributed by atoms with Crippen LogP contribution in [-0.2, 0) is 21.4 Å². The highest BCUT2D eigenvalue weighted by Gasteiger charge is 2.44. The van der Waals surface area contributed by atoms with Gasteiger partial charge < -0.3 is 4.74 Å². The van der Waals surface area contributed by atoms with E-state index in [-0.39, 0.29) is 11.8 Å². The monoisotopic (exact) mass is 327 g/mol. The lowest BCUT2D eigenvalue weighted by Crippen LogP contribution is -2.35. The number of ether oxygens (including phenoxy) is 1. The van der Waals surface area contributed by atoms with Gasteiger partial charge in [-0.25, -0.2) is 4.39 Å². The van der Waals surface area contributed by atoms with E-state index in [0.717, 1.165) is 44.1 Å². The second-order valence-electron chi connectivity index (χ2n) is 6.39. The van der Waals surface area contributed by atoms with E-state index in [9.17, 15) is 9.18 Å². The standard InChI is InChI=1S/C20H22FNO2/c21-18-7-5-17(6-8-18)20(11-1-2-12-20)19(23)24-15-3-4-16-9-13-22-14-10-16/h5-10,13-14H,1-4,11-12,15H2. The van der Waals surface area contributed by atoms with Gasteiger partial charge in [-0.15, -0.1) is 0 Å². The van der Waals surface area contributed by atoms with Crippen molar-refractivity contribution in [2.75, 3.05) is 6.61 Å². The van der Waals surface area contributed by atoms with Crippen LogP contribution in [0.25, 0.3) is 0 Å². The molecule has 0 saturated heterocycles. The van der Waals surface area contributed by atoms with Crippen molar-refractivity contribution in [3.63, 3.8) is 0 Å². The molecule has 2 aromatic rings. The third-order valence-corrected chi connectivity index (χ3v) is 4.84. The number of halogens is 1. The minimum atomic E-state index is -0.593. The fraction of sp³-hybridized carbons (Fsp3) is 0.400. The van der Waals surface area contributed by atoms with E-state index in [1.165, 1.54) is 17.7 Å². The van der Waals surface area contributed by atoms with Gasteiger partial charge in [0.25, 0.3) is 0 Å². The van der Waals surface area contributed by atoms with E-state index in [4.69, 9.17) is 4.74 Å². The summed E-state index contributed by atoms with van der Waals surface area (Å²) in [6, 6.07) is 10.2. The third kappa shape index (κ3) is 3.64. The van der Waals surface area contributed by atoms with E-state index in [1.807, 2.05) is 12.1 Å². The molecule has 3 nitrogen and oxygen atoms in total. The molecule has 126 valence electrons. The highest BCUT2D eigenvalue weighted by molar-refractivity contribution is 5.83. The molecule has 0 spiro atoms. The summed E-state index contributed by atoms with van der Waals surface area (Å²) in [4.78, 5) is 16.7. The van der Waals surface area contributed by atoms with Crippen molar-refractivity contribution in [1.29, 1.82) is 0 Å². The number of hydrogen-bond acceptors (Lipinski definition) is 3. The molecule has 0 unspecified atom stereocenters. The molecule has 3 rings (SSSR count). The van der Waals surface area contributed by atoms with Gasteiger partial charge in [-0.2, -0.15) is 0 Å². The summed E-state index contributed by atoms with van der Waals surface area (Å²) in [6.07, 6.45) is 8.75. The molecule has 24 heavy (non-hydrogen) atoms. The summed E-state index contributed by atoms with van der Waals surface area (Å²) >= 11 is 0. The molecule has 1 heterocycles. The molecular weight excluding hydrogens is 305 g/mol. The molecule has 1 saturated carbocycles. The lowest BCUT2D eigenvalue weighted by molar-refractivity contribution is -0.150. The normalized spacial score (nSPS) is 16.0. The van der Waals surface area contributed by atoms with Crippen LogP contribution in [-0.4, -0.2) is 17.6 Å². The van der Waals surface area contributed by atoms with Gasteiger partial charge in [-0.3, -0.25) is 9.78 Å². The van der Waals surface area contributed by atoms with Gasteiger partial charge in [0, 0.05) is 12.4 Å². The minimum Gasteiger partial charge on any atom is -0.465 e. The summed E-state index contributed by atoms with van der Waals surface area (Å²) in [5.74, 6) is -0.445. The van der Waals surface area contributed by atoms with Crippen molar-refractivity contribution in [1.82, 2.24) is 4.98 Å². The van der Waals surface area contributed by atoms with Gasteiger partial charge >= 0.3 is 5.97 Å². The van der Waals surface area contributed by atoms with E-state index in [1.54, 1.807) is 24.5 Å².